The molecule has 0 spiro atoms. The molecule has 104 valence electrons. The highest BCUT2D eigenvalue weighted by Gasteiger charge is 2.36. The number of amides is 1. The summed E-state index contributed by atoms with van der Waals surface area (Å²) in [6.07, 6.45) is 4.35. The highest BCUT2D eigenvalue weighted by molar-refractivity contribution is 5.79. The number of nitrogens with zero attached hydrogens (tertiary/aromatic N) is 3. The van der Waals surface area contributed by atoms with Crippen molar-refractivity contribution < 1.29 is 13.7 Å². The van der Waals surface area contributed by atoms with Crippen molar-refractivity contribution >= 4 is 5.91 Å². The molecule has 1 saturated heterocycles. The summed E-state index contributed by atoms with van der Waals surface area (Å²) < 4.78 is 10.6. The van der Waals surface area contributed by atoms with Crippen LogP contribution in [0.3, 0.4) is 0 Å². The first-order chi connectivity index (χ1) is 9.79. The smallest absolute Gasteiger partial charge is 0.232 e. The van der Waals surface area contributed by atoms with Crippen LogP contribution < -0.4 is 0 Å². The molecule has 1 aliphatic heterocycles. The normalized spacial score (nSPS) is 22.7. The highest BCUT2D eigenvalue weighted by Crippen LogP contribution is 2.39. The van der Waals surface area contributed by atoms with Crippen LogP contribution in [0.15, 0.2) is 27.3 Å². The number of carbonyl (C=O) groups is 1. The Kier molecular flexibility index (Phi) is 2.61. The molecule has 1 aliphatic carbocycles. The van der Waals surface area contributed by atoms with Gasteiger partial charge in [0.2, 0.25) is 11.8 Å². The fraction of sp³-hybridized carbons (Fsp3) is 0.500. The predicted octanol–water partition coefficient (Wildman–Crippen LogP) is 2.06. The first-order valence-electron chi connectivity index (χ1n) is 6.93. The van der Waals surface area contributed by atoms with Gasteiger partial charge >= 0.3 is 0 Å². The zero-order chi connectivity index (χ0) is 13.5. The van der Waals surface area contributed by atoms with E-state index >= 15 is 0 Å². The van der Waals surface area contributed by atoms with Crippen LogP contribution in [-0.2, 0) is 11.3 Å². The lowest BCUT2D eigenvalue weighted by Crippen LogP contribution is -2.24. The maximum absolute atomic E-state index is 12.0. The third kappa shape index (κ3) is 2.11. The van der Waals surface area contributed by atoms with Gasteiger partial charge in [0, 0.05) is 18.9 Å². The summed E-state index contributed by atoms with van der Waals surface area (Å²) in [7, 11) is 0. The van der Waals surface area contributed by atoms with Crippen molar-refractivity contribution in [2.75, 3.05) is 6.54 Å². The first-order valence-corrected chi connectivity index (χ1v) is 6.93. The van der Waals surface area contributed by atoms with E-state index in [2.05, 4.69) is 10.1 Å². The number of rotatable bonds is 4. The van der Waals surface area contributed by atoms with Crippen LogP contribution in [0.25, 0.3) is 0 Å². The second kappa shape index (κ2) is 4.47. The van der Waals surface area contributed by atoms with Crippen molar-refractivity contribution in [3.63, 3.8) is 0 Å². The standard InChI is InChI=1S/C14H15N3O3/c18-12-6-10(7-17(12)8-11-2-1-5-19-11)14-15-13(16-20-14)9-3-4-9/h1-2,5,9-10H,3-4,6-8H2. The van der Waals surface area contributed by atoms with Gasteiger partial charge in [-0.1, -0.05) is 5.16 Å². The monoisotopic (exact) mass is 273 g/mol. The molecule has 6 heteroatoms. The molecular weight excluding hydrogens is 258 g/mol. The molecule has 4 rings (SSSR count). The van der Waals surface area contributed by atoms with Gasteiger partial charge in [0.05, 0.1) is 18.7 Å². The average molecular weight is 273 g/mol. The Balaban J connectivity index is 1.46. The molecule has 2 fully saturated rings. The fourth-order valence-corrected chi connectivity index (χ4v) is 2.60. The molecule has 0 N–H and O–H groups in total. The minimum absolute atomic E-state index is 0.0115. The second-order valence-corrected chi connectivity index (χ2v) is 5.52. The minimum atomic E-state index is 0.0115. The number of hydrogen-bond donors (Lipinski definition) is 0. The van der Waals surface area contributed by atoms with Crippen molar-refractivity contribution in [1.29, 1.82) is 0 Å². The van der Waals surface area contributed by atoms with Gasteiger partial charge < -0.3 is 13.8 Å². The zero-order valence-electron chi connectivity index (χ0n) is 11.0. The van der Waals surface area contributed by atoms with E-state index in [1.54, 1.807) is 11.2 Å². The molecule has 0 bridgehead atoms. The lowest BCUT2D eigenvalue weighted by Gasteiger charge is -2.13. The lowest BCUT2D eigenvalue weighted by molar-refractivity contribution is -0.128. The van der Waals surface area contributed by atoms with Crippen LogP contribution in [0.4, 0.5) is 0 Å². The van der Waals surface area contributed by atoms with Crippen LogP contribution >= 0.6 is 0 Å². The summed E-state index contributed by atoms with van der Waals surface area (Å²) in [5.41, 5.74) is 0. The van der Waals surface area contributed by atoms with E-state index < -0.39 is 0 Å². The molecule has 3 heterocycles. The van der Waals surface area contributed by atoms with Crippen molar-refractivity contribution in [2.24, 2.45) is 0 Å². The summed E-state index contributed by atoms with van der Waals surface area (Å²) in [6, 6.07) is 3.70. The second-order valence-electron chi connectivity index (χ2n) is 5.52. The topological polar surface area (TPSA) is 72.4 Å². The highest BCUT2D eigenvalue weighted by atomic mass is 16.5. The van der Waals surface area contributed by atoms with Crippen molar-refractivity contribution in [2.45, 2.75) is 37.6 Å². The maximum Gasteiger partial charge on any atom is 0.232 e. The van der Waals surface area contributed by atoms with Gasteiger partial charge in [0.1, 0.15) is 5.76 Å². The summed E-state index contributed by atoms with van der Waals surface area (Å²) in [6.45, 7) is 1.12. The van der Waals surface area contributed by atoms with Gasteiger partial charge in [0.15, 0.2) is 5.82 Å². The zero-order valence-corrected chi connectivity index (χ0v) is 11.0. The third-order valence-electron chi connectivity index (χ3n) is 3.89. The Morgan fingerprint density at radius 3 is 3.00 bits per heavy atom. The Bertz CT molecular complexity index is 615. The average Bonchev–Trinajstić information content (AvgIpc) is 2.89. The van der Waals surface area contributed by atoms with Crippen molar-refractivity contribution in [3.8, 4) is 0 Å². The number of furan rings is 1. The van der Waals surface area contributed by atoms with Crippen LogP contribution in [0.2, 0.25) is 0 Å². The van der Waals surface area contributed by atoms with Crippen LogP contribution in [0, 0.1) is 0 Å². The molecule has 2 aromatic heterocycles. The minimum Gasteiger partial charge on any atom is -0.467 e. The van der Waals surface area contributed by atoms with Crippen molar-refractivity contribution in [1.82, 2.24) is 15.0 Å². The molecule has 6 nitrogen and oxygen atoms in total. The molecule has 0 aromatic carbocycles. The van der Waals surface area contributed by atoms with Crippen molar-refractivity contribution in [3.05, 3.63) is 35.9 Å². The van der Waals surface area contributed by atoms with E-state index in [1.807, 2.05) is 12.1 Å². The van der Waals surface area contributed by atoms with E-state index in [1.165, 1.54) is 0 Å². The van der Waals surface area contributed by atoms with E-state index in [0.29, 0.717) is 31.3 Å². The van der Waals surface area contributed by atoms with Crippen LogP contribution in [0.5, 0.6) is 0 Å². The summed E-state index contributed by atoms with van der Waals surface area (Å²) in [4.78, 5) is 18.3. The summed E-state index contributed by atoms with van der Waals surface area (Å²) in [5.74, 6) is 2.79. The number of carbonyl (C=O) groups excluding carboxylic acids is 1. The van der Waals surface area contributed by atoms with E-state index in [-0.39, 0.29) is 11.8 Å². The number of likely N-dealkylation sites (tertiary alicyclic amines) is 1. The van der Waals surface area contributed by atoms with Gasteiger partial charge in [-0.05, 0) is 25.0 Å². The molecule has 1 saturated carbocycles. The van der Waals surface area contributed by atoms with E-state index in [9.17, 15) is 4.79 Å². The Hall–Kier alpha value is -2.11. The van der Waals surface area contributed by atoms with Gasteiger partial charge in [0.25, 0.3) is 0 Å². The fourth-order valence-electron chi connectivity index (χ4n) is 2.60. The summed E-state index contributed by atoms with van der Waals surface area (Å²) >= 11 is 0. The van der Waals surface area contributed by atoms with E-state index in [0.717, 1.165) is 24.4 Å². The van der Waals surface area contributed by atoms with Crippen LogP contribution in [0.1, 0.15) is 48.6 Å². The molecule has 1 atom stereocenters. The molecular formula is C14H15N3O3. The maximum atomic E-state index is 12.0. The third-order valence-corrected chi connectivity index (χ3v) is 3.89. The SMILES string of the molecule is O=C1CC(c2nc(C3CC3)no2)CN1Cc1ccco1. The largest absolute Gasteiger partial charge is 0.467 e. The lowest BCUT2D eigenvalue weighted by atomic mass is 10.1. The van der Waals surface area contributed by atoms with E-state index in [4.69, 9.17) is 8.94 Å². The molecule has 2 aromatic rings. The molecule has 1 amide bonds. The van der Waals surface area contributed by atoms with Crippen LogP contribution in [-0.4, -0.2) is 27.5 Å². The first kappa shape index (κ1) is 11.7. The Morgan fingerprint density at radius 1 is 1.35 bits per heavy atom. The molecule has 1 unspecified atom stereocenters. The van der Waals surface area contributed by atoms with Gasteiger partial charge in [-0.15, -0.1) is 0 Å². The number of hydrogen-bond acceptors (Lipinski definition) is 5. The Morgan fingerprint density at radius 2 is 2.25 bits per heavy atom. The van der Waals surface area contributed by atoms with Gasteiger partial charge in [-0.3, -0.25) is 4.79 Å². The Labute approximate surface area is 115 Å². The molecule has 20 heavy (non-hydrogen) atoms. The van der Waals surface area contributed by atoms with Gasteiger partial charge in [-0.25, -0.2) is 0 Å². The molecule has 0 radical (unpaired) electrons. The quantitative estimate of drug-likeness (QED) is 0.852. The number of aromatic nitrogens is 2. The summed E-state index contributed by atoms with van der Waals surface area (Å²) in [5, 5.41) is 4.01. The predicted molar refractivity (Wildman–Crippen MR) is 67.8 cm³/mol. The van der Waals surface area contributed by atoms with Gasteiger partial charge in [-0.2, -0.15) is 4.98 Å². The molecule has 2 aliphatic rings.